The summed E-state index contributed by atoms with van der Waals surface area (Å²) in [5, 5.41) is 10.7. The Bertz CT molecular complexity index is 893. The van der Waals surface area contributed by atoms with Crippen LogP contribution in [0.3, 0.4) is 0 Å². The number of methoxy groups -OCH3 is 1. The zero-order chi connectivity index (χ0) is 20.1. The number of rotatable bonds is 5. The highest BCUT2D eigenvalue weighted by Gasteiger charge is 2.25. The van der Waals surface area contributed by atoms with Gasteiger partial charge in [-0.2, -0.15) is 0 Å². The number of nitro benzene ring substituents is 1. The van der Waals surface area contributed by atoms with Crippen LogP contribution < -0.4 is 0 Å². The van der Waals surface area contributed by atoms with Gasteiger partial charge in [-0.3, -0.25) is 14.9 Å². The minimum absolute atomic E-state index is 0.0156. The van der Waals surface area contributed by atoms with E-state index in [4.69, 9.17) is 4.74 Å². The summed E-state index contributed by atoms with van der Waals surface area (Å²) in [6.07, 6.45) is 6.49. The Morgan fingerprint density at radius 1 is 1.18 bits per heavy atom. The zero-order valence-corrected chi connectivity index (χ0v) is 15.5. The van der Waals surface area contributed by atoms with Gasteiger partial charge in [0.2, 0.25) is 5.91 Å². The molecule has 1 saturated heterocycles. The molecule has 1 amide bonds. The van der Waals surface area contributed by atoms with Crippen LogP contribution in [-0.2, 0) is 9.53 Å². The van der Waals surface area contributed by atoms with E-state index in [-0.39, 0.29) is 23.6 Å². The molecule has 1 aromatic heterocycles. The number of carbonyl (C=O) groups excluding carboxylic acids is 2. The normalized spacial score (nSPS) is 15.0. The maximum Gasteiger partial charge on any atom is 0.354 e. The van der Waals surface area contributed by atoms with Gasteiger partial charge in [-0.1, -0.05) is 0 Å². The van der Waals surface area contributed by atoms with Crippen molar-refractivity contribution in [1.29, 1.82) is 0 Å². The van der Waals surface area contributed by atoms with Gasteiger partial charge in [0.1, 0.15) is 5.69 Å². The predicted molar refractivity (Wildman–Crippen MR) is 103 cm³/mol. The second-order valence-electron chi connectivity index (χ2n) is 6.53. The summed E-state index contributed by atoms with van der Waals surface area (Å²) < 4.78 is 6.73. The standard InChI is InChI=1S/C20H21N3O5/c1-28-20(25)18-3-2-12-22(18)16-10-13-21(14-11-16)19(24)9-6-15-4-7-17(8-5-15)23(26)27/h2-9,12,16H,10-11,13-14H2,1H3/b9-6+. The summed E-state index contributed by atoms with van der Waals surface area (Å²) in [6, 6.07) is 9.72. The van der Waals surface area contributed by atoms with Crippen molar-refractivity contribution in [2.75, 3.05) is 20.2 Å². The van der Waals surface area contributed by atoms with Crippen LogP contribution in [0.2, 0.25) is 0 Å². The summed E-state index contributed by atoms with van der Waals surface area (Å²) in [6.45, 7) is 1.18. The summed E-state index contributed by atoms with van der Waals surface area (Å²) in [5.74, 6) is -0.466. The third kappa shape index (κ3) is 4.28. The Hall–Kier alpha value is -3.42. The number of benzene rings is 1. The zero-order valence-electron chi connectivity index (χ0n) is 15.5. The minimum Gasteiger partial charge on any atom is -0.464 e. The Labute approximate surface area is 162 Å². The number of piperidine rings is 1. The smallest absolute Gasteiger partial charge is 0.354 e. The first-order valence-electron chi connectivity index (χ1n) is 8.96. The van der Waals surface area contributed by atoms with Gasteiger partial charge < -0.3 is 14.2 Å². The summed E-state index contributed by atoms with van der Waals surface area (Å²) in [5.41, 5.74) is 1.26. The molecule has 0 atom stereocenters. The van der Waals surface area contributed by atoms with Crippen LogP contribution in [0.25, 0.3) is 6.08 Å². The fourth-order valence-electron chi connectivity index (χ4n) is 3.33. The molecular formula is C20H21N3O5. The van der Waals surface area contributed by atoms with E-state index in [1.165, 1.54) is 25.3 Å². The van der Waals surface area contributed by atoms with E-state index in [0.717, 1.165) is 18.4 Å². The van der Waals surface area contributed by atoms with E-state index in [9.17, 15) is 19.7 Å². The number of esters is 1. The number of hydrogen-bond donors (Lipinski definition) is 0. The minimum atomic E-state index is -0.459. The number of likely N-dealkylation sites (tertiary alicyclic amines) is 1. The van der Waals surface area contributed by atoms with Crippen molar-refractivity contribution in [1.82, 2.24) is 9.47 Å². The molecule has 3 rings (SSSR count). The Morgan fingerprint density at radius 2 is 1.86 bits per heavy atom. The highest BCUT2D eigenvalue weighted by molar-refractivity contribution is 5.92. The lowest BCUT2D eigenvalue weighted by molar-refractivity contribution is -0.384. The van der Waals surface area contributed by atoms with Crippen LogP contribution in [0.4, 0.5) is 5.69 Å². The molecule has 0 bridgehead atoms. The van der Waals surface area contributed by atoms with Gasteiger partial charge in [0.25, 0.3) is 5.69 Å². The van der Waals surface area contributed by atoms with Crippen molar-refractivity contribution in [3.8, 4) is 0 Å². The van der Waals surface area contributed by atoms with Gasteiger partial charge in [0, 0.05) is 43.5 Å². The lowest BCUT2D eigenvalue weighted by Gasteiger charge is -2.32. The van der Waals surface area contributed by atoms with Gasteiger partial charge in [0.05, 0.1) is 12.0 Å². The molecule has 0 saturated carbocycles. The quantitative estimate of drug-likeness (QED) is 0.342. The predicted octanol–water partition coefficient (Wildman–Crippen LogP) is 3.06. The van der Waals surface area contributed by atoms with Crippen molar-refractivity contribution in [2.24, 2.45) is 0 Å². The molecule has 8 heteroatoms. The molecule has 1 fully saturated rings. The first kappa shape index (κ1) is 19.3. The molecule has 1 aliphatic heterocycles. The average molecular weight is 383 g/mol. The molecule has 1 aromatic carbocycles. The number of nitro groups is 1. The van der Waals surface area contributed by atoms with Crippen molar-refractivity contribution in [2.45, 2.75) is 18.9 Å². The molecule has 28 heavy (non-hydrogen) atoms. The molecule has 0 radical (unpaired) electrons. The van der Waals surface area contributed by atoms with Crippen LogP contribution in [0.15, 0.2) is 48.7 Å². The molecule has 2 heterocycles. The van der Waals surface area contributed by atoms with E-state index in [0.29, 0.717) is 18.8 Å². The van der Waals surface area contributed by atoms with Crippen molar-refractivity contribution >= 4 is 23.6 Å². The lowest BCUT2D eigenvalue weighted by Crippen LogP contribution is -2.38. The molecule has 0 spiro atoms. The van der Waals surface area contributed by atoms with Gasteiger partial charge in [0.15, 0.2) is 0 Å². The third-order valence-electron chi connectivity index (χ3n) is 4.87. The van der Waals surface area contributed by atoms with Crippen molar-refractivity contribution in [3.05, 3.63) is 70.0 Å². The van der Waals surface area contributed by atoms with E-state index in [1.807, 2.05) is 16.8 Å². The Kier molecular flexibility index (Phi) is 5.88. The SMILES string of the molecule is COC(=O)c1cccn1C1CCN(C(=O)/C=C/c2ccc([N+](=O)[O-])cc2)CC1. The molecule has 146 valence electrons. The van der Waals surface area contributed by atoms with Crippen LogP contribution in [0.1, 0.15) is 34.9 Å². The van der Waals surface area contributed by atoms with Crippen LogP contribution in [0.5, 0.6) is 0 Å². The van der Waals surface area contributed by atoms with E-state index >= 15 is 0 Å². The largest absolute Gasteiger partial charge is 0.464 e. The Morgan fingerprint density at radius 3 is 2.46 bits per heavy atom. The Balaban J connectivity index is 1.57. The van der Waals surface area contributed by atoms with Crippen LogP contribution in [0, 0.1) is 10.1 Å². The molecule has 0 aliphatic carbocycles. The van der Waals surface area contributed by atoms with Gasteiger partial charge >= 0.3 is 5.97 Å². The number of non-ortho nitro benzene ring substituents is 1. The first-order valence-corrected chi connectivity index (χ1v) is 8.96. The number of nitrogens with zero attached hydrogens (tertiary/aromatic N) is 3. The second-order valence-corrected chi connectivity index (χ2v) is 6.53. The average Bonchev–Trinajstić information content (AvgIpc) is 3.21. The first-order chi connectivity index (χ1) is 13.5. The number of aromatic nitrogens is 1. The monoisotopic (exact) mass is 383 g/mol. The molecular weight excluding hydrogens is 362 g/mol. The molecule has 1 aliphatic rings. The molecule has 2 aromatic rings. The number of hydrogen-bond acceptors (Lipinski definition) is 5. The van der Waals surface area contributed by atoms with Gasteiger partial charge in [-0.05, 0) is 48.7 Å². The summed E-state index contributed by atoms with van der Waals surface area (Å²) in [7, 11) is 1.36. The fraction of sp³-hybridized carbons (Fsp3) is 0.300. The molecule has 0 unspecified atom stereocenters. The van der Waals surface area contributed by atoms with E-state index < -0.39 is 4.92 Å². The lowest BCUT2D eigenvalue weighted by atomic mass is 10.0. The highest BCUT2D eigenvalue weighted by atomic mass is 16.6. The third-order valence-corrected chi connectivity index (χ3v) is 4.87. The fourth-order valence-corrected chi connectivity index (χ4v) is 3.33. The number of ether oxygens (including phenoxy) is 1. The van der Waals surface area contributed by atoms with Crippen LogP contribution >= 0.6 is 0 Å². The molecule has 0 N–H and O–H groups in total. The summed E-state index contributed by atoms with van der Waals surface area (Å²) >= 11 is 0. The summed E-state index contributed by atoms with van der Waals surface area (Å²) in [4.78, 5) is 36.2. The van der Waals surface area contributed by atoms with Crippen LogP contribution in [-0.4, -0.2) is 46.5 Å². The maximum atomic E-state index is 12.4. The van der Waals surface area contributed by atoms with Crippen molar-refractivity contribution < 1.29 is 19.2 Å². The van der Waals surface area contributed by atoms with Gasteiger partial charge in [-0.15, -0.1) is 0 Å². The second kappa shape index (κ2) is 8.51. The maximum absolute atomic E-state index is 12.4. The molecule has 8 nitrogen and oxygen atoms in total. The van der Waals surface area contributed by atoms with E-state index in [2.05, 4.69) is 0 Å². The number of amides is 1. The van der Waals surface area contributed by atoms with Gasteiger partial charge in [-0.25, -0.2) is 4.79 Å². The topological polar surface area (TPSA) is 94.7 Å². The number of carbonyl (C=O) groups is 2. The van der Waals surface area contributed by atoms with E-state index in [1.54, 1.807) is 29.2 Å². The highest BCUT2D eigenvalue weighted by Crippen LogP contribution is 2.25. The van der Waals surface area contributed by atoms with Crippen molar-refractivity contribution in [3.63, 3.8) is 0 Å².